The van der Waals surface area contributed by atoms with Gasteiger partial charge in [-0.05, 0) is 100 Å². The van der Waals surface area contributed by atoms with E-state index in [9.17, 15) is 4.79 Å². The van der Waals surface area contributed by atoms with Crippen LogP contribution in [-0.2, 0) is 4.79 Å². The van der Waals surface area contributed by atoms with Crippen LogP contribution in [0.25, 0.3) is 5.69 Å². The number of nitrogens with one attached hydrogen (secondary N) is 2. The van der Waals surface area contributed by atoms with Gasteiger partial charge < -0.3 is 20.1 Å². The molecule has 2 N–H and O–H groups in total. The number of aryl methyl sites for hydroxylation is 5. The van der Waals surface area contributed by atoms with Gasteiger partial charge in [-0.25, -0.2) is 0 Å². The normalized spacial score (nSPS) is 16.8. The lowest BCUT2D eigenvalue weighted by Gasteiger charge is -2.28. The molecule has 5 rings (SSSR count). The Balaban J connectivity index is 1.51. The fraction of sp³-hybridized carbons (Fsp3) is 0.303. The first-order valence-electron chi connectivity index (χ1n) is 13.8. The van der Waals surface area contributed by atoms with Crippen molar-refractivity contribution in [1.82, 2.24) is 19.8 Å². The maximum Gasteiger partial charge on any atom is 0.226 e. The van der Waals surface area contributed by atoms with Gasteiger partial charge in [-0.2, -0.15) is 0 Å². The van der Waals surface area contributed by atoms with Crippen molar-refractivity contribution >= 4 is 28.9 Å². The number of benzene rings is 2. The van der Waals surface area contributed by atoms with E-state index in [2.05, 4.69) is 77.9 Å². The van der Waals surface area contributed by atoms with Crippen molar-refractivity contribution in [2.24, 2.45) is 0 Å². The Kier molecular flexibility index (Phi) is 7.76. The summed E-state index contributed by atoms with van der Waals surface area (Å²) in [5, 5.41) is 7.23. The second-order valence-electron chi connectivity index (χ2n) is 10.8. The molecular weight excluding hydrogens is 514 g/mol. The summed E-state index contributed by atoms with van der Waals surface area (Å²) in [6.45, 7) is 13.3. The summed E-state index contributed by atoms with van der Waals surface area (Å²) in [6, 6.07) is 20.3. The molecule has 1 aliphatic heterocycles. The first-order valence-corrected chi connectivity index (χ1v) is 14.2. The van der Waals surface area contributed by atoms with E-state index in [4.69, 9.17) is 12.2 Å². The lowest BCUT2D eigenvalue weighted by molar-refractivity contribution is -0.116. The van der Waals surface area contributed by atoms with E-state index in [1.807, 2.05) is 55.6 Å². The third-order valence-corrected chi connectivity index (χ3v) is 8.20. The number of thiocarbonyl (C=S) groups is 1. The lowest BCUT2D eigenvalue weighted by atomic mass is 9.96. The van der Waals surface area contributed by atoms with Gasteiger partial charge in [-0.15, -0.1) is 0 Å². The summed E-state index contributed by atoms with van der Waals surface area (Å²) in [7, 11) is 0. The van der Waals surface area contributed by atoms with Crippen molar-refractivity contribution in [2.45, 2.75) is 60.0 Å². The van der Waals surface area contributed by atoms with Crippen LogP contribution in [0.2, 0.25) is 0 Å². The molecule has 2 unspecified atom stereocenters. The molecule has 0 bridgehead atoms. The maximum atomic E-state index is 13.0. The van der Waals surface area contributed by atoms with Crippen LogP contribution in [0.4, 0.5) is 5.69 Å². The minimum Gasteiger partial charge on any atom is -0.352 e. The van der Waals surface area contributed by atoms with Crippen molar-refractivity contribution in [3.05, 3.63) is 112 Å². The molecule has 0 aliphatic carbocycles. The third kappa shape index (κ3) is 5.26. The van der Waals surface area contributed by atoms with Crippen LogP contribution in [0.15, 0.2) is 66.9 Å². The Labute approximate surface area is 242 Å². The summed E-state index contributed by atoms with van der Waals surface area (Å²) in [5.41, 5.74) is 11.3. The van der Waals surface area contributed by atoms with Gasteiger partial charge in [0, 0.05) is 36.2 Å². The van der Waals surface area contributed by atoms with E-state index < -0.39 is 0 Å². The van der Waals surface area contributed by atoms with E-state index in [0.29, 0.717) is 18.1 Å². The SMILES string of the molecule is Cc1cc(C)c(-n2c(C)cc(C3C(c4ccccn4)NC(=S)N3CCC(=O)Nc3ccccc3C)c2C)c(C)c1. The van der Waals surface area contributed by atoms with Crippen molar-refractivity contribution in [3.8, 4) is 5.69 Å². The predicted octanol–water partition coefficient (Wildman–Crippen LogP) is 6.72. The zero-order valence-corrected chi connectivity index (χ0v) is 24.9. The highest BCUT2D eigenvalue weighted by atomic mass is 32.1. The van der Waals surface area contributed by atoms with Gasteiger partial charge in [0.1, 0.15) is 0 Å². The highest BCUT2D eigenvalue weighted by molar-refractivity contribution is 7.80. The van der Waals surface area contributed by atoms with Gasteiger partial charge in [0.25, 0.3) is 0 Å². The topological polar surface area (TPSA) is 62.2 Å². The number of hydrogen-bond acceptors (Lipinski definition) is 3. The molecule has 3 heterocycles. The molecule has 1 amide bonds. The lowest BCUT2D eigenvalue weighted by Crippen LogP contribution is -2.33. The number of hydrogen-bond donors (Lipinski definition) is 2. The van der Waals surface area contributed by atoms with Gasteiger partial charge in [0.15, 0.2) is 5.11 Å². The summed E-state index contributed by atoms with van der Waals surface area (Å²) in [5.74, 6) is -0.0338. The van der Waals surface area contributed by atoms with Crippen LogP contribution < -0.4 is 10.6 Å². The van der Waals surface area contributed by atoms with Crippen molar-refractivity contribution in [3.63, 3.8) is 0 Å². The Morgan fingerprint density at radius 3 is 2.33 bits per heavy atom. The average molecular weight is 552 g/mol. The number of rotatable bonds is 7. The monoisotopic (exact) mass is 551 g/mol. The van der Waals surface area contributed by atoms with Crippen molar-refractivity contribution in [2.75, 3.05) is 11.9 Å². The minimum atomic E-state index is -0.137. The van der Waals surface area contributed by atoms with Crippen LogP contribution in [0.3, 0.4) is 0 Å². The van der Waals surface area contributed by atoms with E-state index in [-0.39, 0.29) is 18.0 Å². The van der Waals surface area contributed by atoms with Crippen LogP contribution in [0.1, 0.15) is 63.4 Å². The molecule has 6 nitrogen and oxygen atoms in total. The number of carbonyl (C=O) groups is 1. The van der Waals surface area contributed by atoms with Gasteiger partial charge in [-0.1, -0.05) is 42.0 Å². The zero-order valence-electron chi connectivity index (χ0n) is 24.1. The number of para-hydroxylation sites is 1. The molecule has 1 aliphatic rings. The summed E-state index contributed by atoms with van der Waals surface area (Å²) < 4.78 is 2.36. The molecule has 2 aromatic heterocycles. The Hall–Kier alpha value is -3.97. The second-order valence-corrected chi connectivity index (χ2v) is 11.2. The van der Waals surface area contributed by atoms with Gasteiger partial charge in [-0.3, -0.25) is 9.78 Å². The Morgan fingerprint density at radius 1 is 0.950 bits per heavy atom. The number of carbonyl (C=O) groups excluding carboxylic acids is 1. The van der Waals surface area contributed by atoms with Crippen LogP contribution in [-0.4, -0.2) is 32.0 Å². The van der Waals surface area contributed by atoms with Crippen LogP contribution in [0, 0.1) is 41.5 Å². The first-order chi connectivity index (χ1) is 19.2. The fourth-order valence-electron chi connectivity index (χ4n) is 6.09. The molecule has 0 saturated carbocycles. The molecule has 1 saturated heterocycles. The molecule has 0 spiro atoms. The zero-order chi connectivity index (χ0) is 28.6. The largest absolute Gasteiger partial charge is 0.352 e. The van der Waals surface area contributed by atoms with Gasteiger partial charge >= 0.3 is 0 Å². The molecule has 40 heavy (non-hydrogen) atoms. The molecule has 7 heteroatoms. The smallest absolute Gasteiger partial charge is 0.226 e. The van der Waals surface area contributed by atoms with Crippen LogP contribution in [0.5, 0.6) is 0 Å². The quantitative estimate of drug-likeness (QED) is 0.250. The third-order valence-electron chi connectivity index (χ3n) is 7.84. The van der Waals surface area contributed by atoms with E-state index in [1.165, 1.54) is 33.6 Å². The number of nitrogens with zero attached hydrogens (tertiary/aromatic N) is 3. The average Bonchev–Trinajstić information content (AvgIpc) is 3.39. The van der Waals surface area contributed by atoms with E-state index >= 15 is 0 Å². The molecule has 2 aromatic carbocycles. The highest BCUT2D eigenvalue weighted by Gasteiger charge is 2.41. The molecule has 0 radical (unpaired) electrons. The summed E-state index contributed by atoms with van der Waals surface area (Å²) in [4.78, 5) is 19.9. The molecule has 2 atom stereocenters. The number of aromatic nitrogens is 2. The Morgan fingerprint density at radius 2 is 1.65 bits per heavy atom. The molecule has 4 aromatic rings. The second kappa shape index (κ2) is 11.3. The maximum absolute atomic E-state index is 13.0. The van der Waals surface area contributed by atoms with Crippen molar-refractivity contribution in [1.29, 1.82) is 0 Å². The standard InChI is InChI=1S/C33H37N5OS/c1-20-17-22(3)31(23(4)18-20)38-24(5)19-26(25(38)6)32-30(28-13-9-10-15-34-28)36-33(40)37(32)16-14-29(39)35-27-12-8-7-11-21(27)2/h7-13,15,17-19,30,32H,14,16H2,1-6H3,(H,35,39)(H,36,40). The summed E-state index contributed by atoms with van der Waals surface area (Å²) >= 11 is 5.88. The number of pyridine rings is 1. The van der Waals surface area contributed by atoms with E-state index in [0.717, 1.165) is 22.6 Å². The molecular formula is C33H37N5OS. The minimum absolute atomic E-state index is 0.0338. The Bertz CT molecular complexity index is 1550. The number of anilines is 1. The highest BCUT2D eigenvalue weighted by Crippen LogP contribution is 2.42. The van der Waals surface area contributed by atoms with E-state index in [1.54, 1.807) is 0 Å². The van der Waals surface area contributed by atoms with Gasteiger partial charge in [0.2, 0.25) is 5.91 Å². The fourth-order valence-corrected chi connectivity index (χ4v) is 6.42. The van der Waals surface area contributed by atoms with Crippen molar-refractivity contribution < 1.29 is 4.79 Å². The van der Waals surface area contributed by atoms with Crippen LogP contribution >= 0.6 is 12.2 Å². The first kappa shape index (κ1) is 27.6. The predicted molar refractivity (Wildman–Crippen MR) is 166 cm³/mol. The summed E-state index contributed by atoms with van der Waals surface area (Å²) in [6.07, 6.45) is 2.13. The molecule has 206 valence electrons. The van der Waals surface area contributed by atoms with Gasteiger partial charge in [0.05, 0.1) is 23.5 Å². The molecule has 1 fully saturated rings. The number of amides is 1.